The van der Waals surface area contributed by atoms with Crippen molar-refractivity contribution < 1.29 is 8.83 Å². The van der Waals surface area contributed by atoms with Gasteiger partial charge in [0.2, 0.25) is 0 Å². The maximum atomic E-state index is 7.29. The molecular weight excluding hydrogens is 1390 g/mol. The third-order valence-electron chi connectivity index (χ3n) is 24.3. The fourth-order valence-corrected chi connectivity index (χ4v) is 19.7. The minimum Gasteiger partial charge on any atom is -0.459 e. The molecule has 532 valence electrons. The van der Waals surface area contributed by atoms with E-state index < -0.39 is 0 Å². The zero-order valence-corrected chi connectivity index (χ0v) is 62.1. The number of benzene rings is 16. The van der Waals surface area contributed by atoms with Gasteiger partial charge in [-0.1, -0.05) is 243 Å². The molecule has 4 aliphatic rings. The first-order valence-electron chi connectivity index (χ1n) is 39.2. The smallest absolute Gasteiger partial charge is 0.252 e. The zero-order chi connectivity index (χ0) is 75.0. The molecule has 0 unspecified atom stereocenters. The van der Waals surface area contributed by atoms with Crippen molar-refractivity contribution in [3.63, 3.8) is 0 Å². The molecule has 4 aliphatic heterocycles. The largest absolute Gasteiger partial charge is 0.459 e. The zero-order valence-electron chi connectivity index (χ0n) is 62.1. The van der Waals surface area contributed by atoms with E-state index in [0.29, 0.717) is 0 Å². The molecule has 4 aromatic heterocycles. The standard InChI is InChI=1S/C103H67B2N7O2/c1-3-4-44-74-65(2)113-102-78(74)48-30-54-88(102)110-92-63-90-80(61-84(92)104-82-50-24-26-52-86(82)108(70-40-19-9-20-41-70)94-57-72(59-96(110)99(94)104)106(66-32-11-5-12-33-66)67-34-13-6-14-35-67)76-46-29-47-77-81-62-85-93(64-91(81)112(90)101(76)77)111(89-55-31-49-79-75-45-23-28-56-98(75)114-103(79)89)97-60-73(107(68-36-15-7-16-37-68)69-38-17-8-18-39-69)58-95-100(97)105(85)83-51-25-27-53-87(83)109(95)71-42-21-10-22-43-71/h3-64H,1H2,2H3/b44-4-. The third-order valence-corrected chi connectivity index (χ3v) is 24.3. The predicted molar refractivity (Wildman–Crippen MR) is 480 cm³/mol. The summed E-state index contributed by atoms with van der Waals surface area (Å²) < 4.78 is 17.1. The van der Waals surface area contributed by atoms with Crippen LogP contribution >= 0.6 is 0 Å². The van der Waals surface area contributed by atoms with Crippen LogP contribution in [0.4, 0.5) is 102 Å². The Bertz CT molecular complexity index is 7310. The van der Waals surface area contributed by atoms with E-state index in [2.05, 4.69) is 411 Å². The molecule has 0 amide bonds. The van der Waals surface area contributed by atoms with Gasteiger partial charge in [-0.25, -0.2) is 0 Å². The van der Waals surface area contributed by atoms with Gasteiger partial charge in [-0.05, 0) is 179 Å². The maximum Gasteiger partial charge on any atom is 0.252 e. The molecule has 0 atom stereocenters. The van der Waals surface area contributed by atoms with E-state index in [1.165, 1.54) is 59.8 Å². The van der Waals surface area contributed by atoms with Crippen LogP contribution in [0.1, 0.15) is 11.3 Å². The summed E-state index contributed by atoms with van der Waals surface area (Å²) in [6, 6.07) is 132. The van der Waals surface area contributed by atoms with Gasteiger partial charge in [0.25, 0.3) is 13.4 Å². The summed E-state index contributed by atoms with van der Waals surface area (Å²) in [7, 11) is 0. The Morgan fingerprint density at radius 3 is 1.15 bits per heavy atom. The number of furan rings is 2. The summed E-state index contributed by atoms with van der Waals surface area (Å²) in [5, 5.41) is 7.87. The van der Waals surface area contributed by atoms with Crippen molar-refractivity contribution in [2.75, 3.05) is 29.4 Å². The van der Waals surface area contributed by atoms with Crippen LogP contribution in [0.5, 0.6) is 0 Å². The van der Waals surface area contributed by atoms with Crippen LogP contribution in [0.25, 0.3) is 77.1 Å². The number of hydrogen-bond acceptors (Lipinski definition) is 8. The summed E-state index contributed by atoms with van der Waals surface area (Å²) in [4.78, 5) is 14.9. The van der Waals surface area contributed by atoms with E-state index in [1.54, 1.807) is 0 Å². The highest BCUT2D eigenvalue weighted by molar-refractivity contribution is 7.01. The normalized spacial score (nSPS) is 13.2. The van der Waals surface area contributed by atoms with Crippen LogP contribution in [-0.4, -0.2) is 17.8 Å². The second-order valence-corrected chi connectivity index (χ2v) is 30.3. The van der Waals surface area contributed by atoms with Gasteiger partial charge >= 0.3 is 0 Å². The van der Waals surface area contributed by atoms with Gasteiger partial charge in [0.1, 0.15) is 11.3 Å². The molecular formula is C103H67B2N7O2. The molecule has 0 N–H and O–H groups in total. The van der Waals surface area contributed by atoms with E-state index in [9.17, 15) is 0 Å². The number of aromatic nitrogens is 1. The monoisotopic (exact) mass is 1460 g/mol. The summed E-state index contributed by atoms with van der Waals surface area (Å²) >= 11 is 0. The van der Waals surface area contributed by atoms with Gasteiger partial charge < -0.3 is 42.6 Å². The Morgan fingerprint density at radius 1 is 0.298 bits per heavy atom. The Hall–Kier alpha value is -14.9. The predicted octanol–water partition coefficient (Wildman–Crippen LogP) is 24.1. The SMILES string of the molecule is C=C/C=C\c1c(C)oc2c(N3c4cc5c(cc4B4c6ccccc6N(c6ccccc6)c6cc(N(c7ccccc7)c7ccccc7)cc3c64)c3cccc4c6cc7c(cc6n5c34)N(c3cccc4c3oc3ccccc34)c3cc(N(c4ccccc4)c4ccccc4)cc4c3B7c3ccccc3N4c3ccccc3)cccc12. The summed E-state index contributed by atoms with van der Waals surface area (Å²) in [5.74, 6) is 0.828. The van der Waals surface area contributed by atoms with Gasteiger partial charge in [0, 0.05) is 123 Å². The molecule has 0 aliphatic carbocycles. The number of allylic oxidation sites excluding steroid dienone is 2. The molecule has 11 heteroatoms. The molecule has 0 saturated carbocycles. The highest BCUT2D eigenvalue weighted by Gasteiger charge is 2.48. The number of nitrogens with zero attached hydrogens (tertiary/aromatic N) is 7. The van der Waals surface area contributed by atoms with E-state index in [4.69, 9.17) is 8.83 Å². The molecule has 16 aromatic carbocycles. The number of para-hydroxylation sites is 12. The topological polar surface area (TPSA) is 50.1 Å². The van der Waals surface area contributed by atoms with Crippen molar-refractivity contribution in [1.29, 1.82) is 0 Å². The molecule has 0 fully saturated rings. The van der Waals surface area contributed by atoms with Crippen LogP contribution < -0.4 is 62.2 Å². The first-order valence-corrected chi connectivity index (χ1v) is 39.2. The van der Waals surface area contributed by atoms with E-state index in [0.717, 1.165) is 158 Å². The second kappa shape index (κ2) is 24.8. The quantitative estimate of drug-likeness (QED) is 0.0886. The average Bonchev–Trinajstić information content (AvgIpc) is 1.35. The van der Waals surface area contributed by atoms with Crippen LogP contribution in [0, 0.1) is 6.92 Å². The minimum atomic E-state index is -0.217. The molecule has 0 saturated heterocycles. The highest BCUT2D eigenvalue weighted by atomic mass is 16.3. The van der Waals surface area contributed by atoms with Crippen LogP contribution in [0.3, 0.4) is 0 Å². The average molecular weight is 1460 g/mol. The fraction of sp³-hybridized carbons (Fsp3) is 0.00971. The molecule has 20 aromatic rings. The molecule has 9 nitrogen and oxygen atoms in total. The summed E-state index contributed by atoms with van der Waals surface area (Å²) in [5.41, 5.74) is 33.0. The Morgan fingerprint density at radius 2 is 0.675 bits per heavy atom. The second-order valence-electron chi connectivity index (χ2n) is 30.3. The molecule has 0 bridgehead atoms. The number of fused-ring (bicyclic) bond motifs is 18. The number of aryl methyl sites for hydroxylation is 1. The summed E-state index contributed by atoms with van der Waals surface area (Å²) in [6.45, 7) is 5.76. The van der Waals surface area contributed by atoms with Crippen molar-refractivity contribution in [2.24, 2.45) is 0 Å². The van der Waals surface area contributed by atoms with E-state index in [-0.39, 0.29) is 13.4 Å². The lowest BCUT2D eigenvalue weighted by molar-refractivity contribution is 0.578. The first kappa shape index (κ1) is 63.9. The van der Waals surface area contributed by atoms with Gasteiger partial charge in [0.15, 0.2) is 11.2 Å². The van der Waals surface area contributed by atoms with Crippen molar-refractivity contribution in [2.45, 2.75) is 6.92 Å². The van der Waals surface area contributed by atoms with Crippen LogP contribution in [-0.2, 0) is 0 Å². The Kier molecular flexibility index (Phi) is 13.9. The molecule has 0 spiro atoms. The molecule has 0 radical (unpaired) electrons. The third kappa shape index (κ3) is 9.20. The Labute approximate surface area is 659 Å². The van der Waals surface area contributed by atoms with Gasteiger partial charge in [-0.3, -0.25) is 0 Å². The number of rotatable bonds is 12. The lowest BCUT2D eigenvalue weighted by atomic mass is 9.33. The maximum absolute atomic E-state index is 7.29. The van der Waals surface area contributed by atoms with Gasteiger partial charge in [0.05, 0.1) is 39.3 Å². The van der Waals surface area contributed by atoms with Crippen molar-refractivity contribution in [1.82, 2.24) is 4.40 Å². The van der Waals surface area contributed by atoms with Crippen LogP contribution in [0.15, 0.2) is 385 Å². The molecule has 8 heterocycles. The van der Waals surface area contributed by atoms with Crippen LogP contribution in [0.2, 0.25) is 0 Å². The minimum absolute atomic E-state index is 0.212. The van der Waals surface area contributed by atoms with Gasteiger partial charge in [-0.15, -0.1) is 0 Å². The molecule has 24 rings (SSSR count). The molecule has 114 heavy (non-hydrogen) atoms. The lowest BCUT2D eigenvalue weighted by Crippen LogP contribution is -2.61. The fourth-order valence-electron chi connectivity index (χ4n) is 19.7. The summed E-state index contributed by atoms with van der Waals surface area (Å²) in [6.07, 6.45) is 5.97. The number of hydrogen-bond donors (Lipinski definition) is 0. The van der Waals surface area contributed by atoms with Crippen molar-refractivity contribution in [3.8, 4) is 0 Å². The first-order chi connectivity index (χ1) is 56.5. The van der Waals surface area contributed by atoms with E-state index >= 15 is 0 Å². The number of anilines is 18. The van der Waals surface area contributed by atoms with Crippen molar-refractivity contribution in [3.05, 3.63) is 388 Å². The highest BCUT2D eigenvalue weighted by Crippen LogP contribution is 2.55. The van der Waals surface area contributed by atoms with Crippen molar-refractivity contribution >= 4 is 226 Å². The Balaban J connectivity index is 0.826. The van der Waals surface area contributed by atoms with Gasteiger partial charge in [-0.2, -0.15) is 0 Å². The lowest BCUT2D eigenvalue weighted by Gasteiger charge is -2.45. The van der Waals surface area contributed by atoms with E-state index in [1.807, 2.05) is 12.2 Å².